The zero-order valence-corrected chi connectivity index (χ0v) is 10.6. The summed E-state index contributed by atoms with van der Waals surface area (Å²) in [5.74, 6) is -0.915. The first kappa shape index (κ1) is 13.3. The molecule has 1 aliphatic heterocycles. The third-order valence-corrected chi connectivity index (χ3v) is 3.50. The third-order valence-electron chi connectivity index (χ3n) is 3.50. The van der Waals surface area contributed by atoms with Crippen molar-refractivity contribution in [3.8, 4) is 5.75 Å². The molecule has 1 N–H and O–H groups in total. The van der Waals surface area contributed by atoms with Crippen molar-refractivity contribution in [3.63, 3.8) is 0 Å². The zero-order chi connectivity index (χ0) is 13.0. The largest absolute Gasteiger partial charge is 0.494 e. The van der Waals surface area contributed by atoms with E-state index in [9.17, 15) is 8.78 Å². The molecule has 2 nitrogen and oxygen atoms in total. The van der Waals surface area contributed by atoms with Gasteiger partial charge in [0.2, 0.25) is 0 Å². The van der Waals surface area contributed by atoms with Crippen LogP contribution in [0.4, 0.5) is 8.78 Å². The van der Waals surface area contributed by atoms with E-state index in [-0.39, 0.29) is 11.6 Å². The highest BCUT2D eigenvalue weighted by Gasteiger charge is 2.15. The van der Waals surface area contributed by atoms with Crippen molar-refractivity contribution in [2.75, 3.05) is 13.7 Å². The van der Waals surface area contributed by atoms with E-state index in [1.165, 1.54) is 26.0 Å². The monoisotopic (exact) mass is 255 g/mol. The van der Waals surface area contributed by atoms with E-state index in [1.54, 1.807) is 0 Å². The summed E-state index contributed by atoms with van der Waals surface area (Å²) in [5, 5.41) is 3.41. The van der Waals surface area contributed by atoms with Gasteiger partial charge in [-0.15, -0.1) is 0 Å². The van der Waals surface area contributed by atoms with Crippen LogP contribution in [-0.2, 0) is 6.42 Å². The van der Waals surface area contributed by atoms with Crippen LogP contribution in [0.5, 0.6) is 5.75 Å². The fraction of sp³-hybridized carbons (Fsp3) is 0.571. The molecule has 0 bridgehead atoms. The Kier molecular flexibility index (Phi) is 4.53. The van der Waals surface area contributed by atoms with Gasteiger partial charge in [-0.1, -0.05) is 6.42 Å². The molecule has 1 fully saturated rings. The van der Waals surface area contributed by atoms with E-state index in [0.29, 0.717) is 18.0 Å². The van der Waals surface area contributed by atoms with E-state index in [0.717, 1.165) is 25.5 Å². The van der Waals surface area contributed by atoms with Gasteiger partial charge in [-0.05, 0) is 43.9 Å². The van der Waals surface area contributed by atoms with Crippen molar-refractivity contribution < 1.29 is 13.5 Å². The molecule has 0 saturated carbocycles. The predicted molar refractivity (Wildman–Crippen MR) is 66.9 cm³/mol. The van der Waals surface area contributed by atoms with Crippen LogP contribution in [0.25, 0.3) is 0 Å². The second kappa shape index (κ2) is 6.14. The topological polar surface area (TPSA) is 21.3 Å². The number of ether oxygens (including phenoxy) is 1. The molecule has 1 aliphatic rings. The summed E-state index contributed by atoms with van der Waals surface area (Å²) >= 11 is 0. The Balaban J connectivity index is 1.98. The molecule has 1 aromatic rings. The number of rotatable bonds is 4. The Hall–Kier alpha value is -1.16. The van der Waals surface area contributed by atoms with Crippen LogP contribution in [0.15, 0.2) is 12.1 Å². The molecule has 4 heteroatoms. The smallest absolute Gasteiger partial charge is 0.165 e. The molecule has 18 heavy (non-hydrogen) atoms. The summed E-state index contributed by atoms with van der Waals surface area (Å²) in [6, 6.07) is 2.80. The maximum atomic E-state index is 13.7. The molecule has 0 aromatic heterocycles. The number of nitrogens with one attached hydrogen (secondary N) is 1. The molecule has 1 aromatic carbocycles. The molecule has 1 heterocycles. The molecule has 0 amide bonds. The SMILES string of the molecule is COc1cc(F)c(CCC2CCCCN2)cc1F. The van der Waals surface area contributed by atoms with Crippen LogP contribution >= 0.6 is 0 Å². The molecule has 2 rings (SSSR count). The minimum atomic E-state index is -0.495. The first-order valence-corrected chi connectivity index (χ1v) is 6.46. The lowest BCUT2D eigenvalue weighted by molar-refractivity contribution is 0.375. The summed E-state index contributed by atoms with van der Waals surface area (Å²) in [5.41, 5.74) is 0.431. The molecule has 1 unspecified atom stereocenters. The lowest BCUT2D eigenvalue weighted by Crippen LogP contribution is -2.34. The molecule has 0 aliphatic carbocycles. The zero-order valence-electron chi connectivity index (χ0n) is 10.6. The summed E-state index contributed by atoms with van der Waals surface area (Å²) in [4.78, 5) is 0. The van der Waals surface area contributed by atoms with Crippen molar-refractivity contribution in [2.45, 2.75) is 38.1 Å². The standard InChI is InChI=1S/C14H19F2NO/c1-18-14-9-12(15)10(8-13(14)16)5-6-11-4-2-3-7-17-11/h8-9,11,17H,2-7H2,1H3. The first-order valence-electron chi connectivity index (χ1n) is 6.46. The Bertz CT molecular complexity index is 403. The summed E-state index contributed by atoms with van der Waals surface area (Å²) in [6.07, 6.45) is 4.96. The number of piperidine rings is 1. The first-order chi connectivity index (χ1) is 8.70. The van der Waals surface area contributed by atoms with Gasteiger partial charge >= 0.3 is 0 Å². The van der Waals surface area contributed by atoms with E-state index in [1.807, 2.05) is 0 Å². The van der Waals surface area contributed by atoms with Gasteiger partial charge in [-0.3, -0.25) is 0 Å². The minimum absolute atomic E-state index is 0.0351. The number of hydrogen-bond acceptors (Lipinski definition) is 2. The second-order valence-electron chi connectivity index (χ2n) is 4.76. The Morgan fingerprint density at radius 3 is 2.78 bits per heavy atom. The van der Waals surface area contributed by atoms with E-state index < -0.39 is 5.82 Å². The molecular weight excluding hydrogens is 236 g/mol. The Labute approximate surface area is 106 Å². The van der Waals surface area contributed by atoms with Gasteiger partial charge < -0.3 is 10.1 Å². The average molecular weight is 255 g/mol. The van der Waals surface area contributed by atoms with Crippen molar-refractivity contribution >= 4 is 0 Å². The van der Waals surface area contributed by atoms with Gasteiger partial charge in [0.25, 0.3) is 0 Å². The van der Waals surface area contributed by atoms with Gasteiger partial charge in [0.1, 0.15) is 5.82 Å². The average Bonchev–Trinajstić information content (AvgIpc) is 2.40. The normalized spacial score (nSPS) is 19.8. The molecule has 1 atom stereocenters. The lowest BCUT2D eigenvalue weighted by Gasteiger charge is -2.23. The van der Waals surface area contributed by atoms with Crippen molar-refractivity contribution in [2.24, 2.45) is 0 Å². The van der Waals surface area contributed by atoms with Gasteiger partial charge in [0, 0.05) is 12.1 Å². The van der Waals surface area contributed by atoms with Gasteiger partial charge in [-0.2, -0.15) is 0 Å². The van der Waals surface area contributed by atoms with Gasteiger partial charge in [-0.25, -0.2) is 8.78 Å². The number of hydrogen-bond donors (Lipinski definition) is 1. The highest BCUT2D eigenvalue weighted by Crippen LogP contribution is 2.23. The number of methoxy groups -OCH3 is 1. The summed E-state index contributed by atoms with van der Waals surface area (Å²) < 4.78 is 31.9. The molecule has 0 spiro atoms. The van der Waals surface area contributed by atoms with Crippen LogP contribution in [-0.4, -0.2) is 19.7 Å². The fourth-order valence-electron chi connectivity index (χ4n) is 2.42. The van der Waals surface area contributed by atoms with E-state index >= 15 is 0 Å². The second-order valence-corrected chi connectivity index (χ2v) is 4.76. The number of benzene rings is 1. The maximum Gasteiger partial charge on any atom is 0.165 e. The maximum absolute atomic E-state index is 13.7. The lowest BCUT2D eigenvalue weighted by atomic mass is 9.97. The van der Waals surface area contributed by atoms with Crippen LogP contribution in [0.3, 0.4) is 0 Å². The van der Waals surface area contributed by atoms with Crippen LogP contribution < -0.4 is 10.1 Å². The van der Waals surface area contributed by atoms with Crippen molar-refractivity contribution in [1.82, 2.24) is 5.32 Å². The Morgan fingerprint density at radius 2 is 2.11 bits per heavy atom. The molecule has 0 radical (unpaired) electrons. The van der Waals surface area contributed by atoms with E-state index in [4.69, 9.17) is 4.74 Å². The summed E-state index contributed by atoms with van der Waals surface area (Å²) in [7, 11) is 1.34. The third kappa shape index (κ3) is 3.19. The van der Waals surface area contributed by atoms with Gasteiger partial charge in [0.05, 0.1) is 7.11 Å². The van der Waals surface area contributed by atoms with E-state index in [2.05, 4.69) is 5.32 Å². The quantitative estimate of drug-likeness (QED) is 0.893. The number of halogens is 2. The fourth-order valence-corrected chi connectivity index (χ4v) is 2.42. The molecule has 1 saturated heterocycles. The van der Waals surface area contributed by atoms with Gasteiger partial charge in [0.15, 0.2) is 11.6 Å². The predicted octanol–water partition coefficient (Wildman–Crippen LogP) is 3.05. The molecule has 100 valence electrons. The van der Waals surface area contributed by atoms with Crippen molar-refractivity contribution in [1.29, 1.82) is 0 Å². The van der Waals surface area contributed by atoms with Crippen LogP contribution in [0, 0.1) is 11.6 Å². The van der Waals surface area contributed by atoms with Crippen LogP contribution in [0.1, 0.15) is 31.2 Å². The summed E-state index contributed by atoms with van der Waals surface area (Å²) in [6.45, 7) is 1.03. The highest BCUT2D eigenvalue weighted by atomic mass is 19.1. The van der Waals surface area contributed by atoms with Crippen molar-refractivity contribution in [3.05, 3.63) is 29.3 Å². The molecular formula is C14H19F2NO. The Morgan fingerprint density at radius 1 is 1.28 bits per heavy atom. The number of aryl methyl sites for hydroxylation is 1. The van der Waals surface area contributed by atoms with Crippen LogP contribution in [0.2, 0.25) is 0 Å². The minimum Gasteiger partial charge on any atom is -0.494 e. The highest BCUT2D eigenvalue weighted by molar-refractivity contribution is 5.31.